The van der Waals surface area contributed by atoms with Gasteiger partial charge < -0.3 is 13.1 Å². The van der Waals surface area contributed by atoms with Gasteiger partial charge in [0.25, 0.3) is 0 Å². The van der Waals surface area contributed by atoms with Gasteiger partial charge in [0, 0.05) is 13.2 Å². The monoisotopic (exact) mass is 394 g/mol. The van der Waals surface area contributed by atoms with Crippen molar-refractivity contribution in [2.45, 2.75) is 58.7 Å². The molecule has 0 spiro atoms. The zero-order valence-corrected chi connectivity index (χ0v) is 20.3. The second-order valence-electron chi connectivity index (χ2n) is 8.41. The molecule has 1 aromatic rings. The highest BCUT2D eigenvalue weighted by Crippen LogP contribution is 2.25. The van der Waals surface area contributed by atoms with Crippen molar-refractivity contribution in [1.82, 2.24) is 4.23 Å². The first-order valence-corrected chi connectivity index (χ1v) is 17.3. The summed E-state index contributed by atoms with van der Waals surface area (Å²) >= 11 is 0. The summed E-state index contributed by atoms with van der Waals surface area (Å²) in [7, 11) is -2.53. The number of hydrogen-bond donors (Lipinski definition) is 0. The van der Waals surface area contributed by atoms with Crippen molar-refractivity contribution in [2.75, 3.05) is 13.7 Å². The lowest BCUT2D eigenvalue weighted by Crippen LogP contribution is -2.64. The summed E-state index contributed by atoms with van der Waals surface area (Å²) in [5.74, 6) is 0. The van der Waals surface area contributed by atoms with E-state index in [1.165, 1.54) is 0 Å². The molecule has 1 rings (SSSR count). The van der Waals surface area contributed by atoms with Gasteiger partial charge in [-0.1, -0.05) is 83.1 Å². The minimum absolute atomic E-state index is 0.469. The first-order valence-electron chi connectivity index (χ1n) is 9.10. The van der Waals surface area contributed by atoms with Crippen molar-refractivity contribution in [1.29, 1.82) is 0 Å². The summed E-state index contributed by atoms with van der Waals surface area (Å²) in [6.45, 7) is 21.6. The number of benzene rings is 1. The van der Waals surface area contributed by atoms with Crippen molar-refractivity contribution in [2.24, 2.45) is 0 Å². The van der Waals surface area contributed by atoms with E-state index in [0.29, 0.717) is 6.04 Å². The minimum Gasteiger partial charge on any atom is -0.393 e. The van der Waals surface area contributed by atoms with E-state index in [1.54, 1.807) is 7.11 Å². The van der Waals surface area contributed by atoms with E-state index >= 15 is 0 Å². The highest BCUT2D eigenvalue weighted by Gasteiger charge is 2.39. The zero-order valence-electron chi connectivity index (χ0n) is 17.3. The Labute approximate surface area is 159 Å². The van der Waals surface area contributed by atoms with Crippen LogP contribution in [0.15, 0.2) is 30.8 Å². The predicted octanol–water partition coefficient (Wildman–Crippen LogP) is 4.44. The van der Waals surface area contributed by atoms with Gasteiger partial charge in [0.15, 0.2) is 0 Å². The zero-order chi connectivity index (χ0) is 19.3. The average Bonchev–Trinajstić information content (AvgIpc) is 2.51. The SMILES string of the molecule is C=Cc1cccc([Si](OC)OCC(CC)N([Si](C)(C)C)[Si](C)(C)C)c1. The minimum atomic E-state index is -1.46. The Morgan fingerprint density at radius 1 is 1.16 bits per heavy atom. The molecule has 0 aliphatic heterocycles. The first kappa shape index (κ1) is 22.5. The molecule has 0 saturated heterocycles. The van der Waals surface area contributed by atoms with Gasteiger partial charge in [-0.05, 0) is 17.2 Å². The number of rotatable bonds is 10. The van der Waals surface area contributed by atoms with Crippen LogP contribution in [0.1, 0.15) is 18.9 Å². The van der Waals surface area contributed by atoms with Gasteiger partial charge in [-0.3, -0.25) is 0 Å². The maximum absolute atomic E-state index is 6.35. The normalized spacial score (nSPS) is 14.2. The molecule has 0 aromatic heterocycles. The largest absolute Gasteiger partial charge is 0.423 e. The summed E-state index contributed by atoms with van der Waals surface area (Å²) in [4.78, 5) is 0. The molecule has 1 aromatic carbocycles. The molecule has 141 valence electrons. The number of nitrogens with zero attached hydrogens (tertiary/aromatic N) is 1. The second-order valence-corrected chi connectivity index (χ2v) is 20.3. The van der Waals surface area contributed by atoms with Crippen LogP contribution in [0.25, 0.3) is 6.08 Å². The molecule has 0 N–H and O–H groups in total. The fraction of sp³-hybridized carbons (Fsp3) is 0.579. The van der Waals surface area contributed by atoms with Crippen LogP contribution in [0.5, 0.6) is 0 Å². The summed E-state index contributed by atoms with van der Waals surface area (Å²) < 4.78 is 14.9. The van der Waals surface area contributed by atoms with Crippen LogP contribution in [-0.4, -0.2) is 49.7 Å². The lowest BCUT2D eigenvalue weighted by molar-refractivity contribution is 0.193. The molecule has 0 fully saturated rings. The Morgan fingerprint density at radius 3 is 2.20 bits per heavy atom. The van der Waals surface area contributed by atoms with E-state index in [0.717, 1.165) is 23.8 Å². The standard InChI is InChI=1S/C19H36NO2Si3/c1-10-17-13-12-14-19(15-17)23(21-3)22-16-18(11-2)20(24(4,5)6)25(7,8)9/h10,12-15,18H,1,11,16H2,2-9H3. The fourth-order valence-corrected chi connectivity index (χ4v) is 15.8. The third kappa shape index (κ3) is 6.62. The van der Waals surface area contributed by atoms with Crippen molar-refractivity contribution in [3.8, 4) is 0 Å². The maximum atomic E-state index is 6.35. The molecule has 1 unspecified atom stereocenters. The molecule has 0 aliphatic rings. The molecule has 3 nitrogen and oxygen atoms in total. The molecule has 0 heterocycles. The summed E-state index contributed by atoms with van der Waals surface area (Å²) in [6, 6.07) is 8.79. The van der Waals surface area contributed by atoms with Gasteiger partial charge in [-0.2, -0.15) is 0 Å². The van der Waals surface area contributed by atoms with Crippen molar-refractivity contribution in [3.05, 3.63) is 36.4 Å². The van der Waals surface area contributed by atoms with Gasteiger partial charge in [0.2, 0.25) is 0 Å². The molecular weight excluding hydrogens is 358 g/mol. The van der Waals surface area contributed by atoms with Gasteiger partial charge in [-0.25, -0.2) is 0 Å². The Morgan fingerprint density at radius 2 is 1.76 bits per heavy atom. The summed E-state index contributed by atoms with van der Waals surface area (Å²) in [5, 5.41) is 1.15. The Bertz CT molecular complexity index is 538. The third-order valence-corrected chi connectivity index (χ3v) is 13.5. The van der Waals surface area contributed by atoms with E-state index in [9.17, 15) is 0 Å². The van der Waals surface area contributed by atoms with Crippen LogP contribution >= 0.6 is 0 Å². The van der Waals surface area contributed by atoms with E-state index in [-0.39, 0.29) is 0 Å². The second kappa shape index (κ2) is 9.43. The molecular formula is C19H36NO2Si3. The van der Waals surface area contributed by atoms with Gasteiger partial charge in [0.1, 0.15) is 16.5 Å². The molecule has 1 atom stereocenters. The van der Waals surface area contributed by atoms with Crippen LogP contribution in [0.4, 0.5) is 0 Å². The van der Waals surface area contributed by atoms with Crippen molar-refractivity contribution in [3.63, 3.8) is 0 Å². The average molecular weight is 395 g/mol. The van der Waals surface area contributed by atoms with E-state index < -0.39 is 25.8 Å². The Kier molecular flexibility index (Phi) is 8.50. The molecule has 0 amide bonds. The lowest BCUT2D eigenvalue weighted by atomic mass is 10.2. The van der Waals surface area contributed by atoms with E-state index in [2.05, 4.69) is 75.2 Å². The van der Waals surface area contributed by atoms with Gasteiger partial charge in [0.05, 0.1) is 6.61 Å². The van der Waals surface area contributed by atoms with Crippen LogP contribution < -0.4 is 5.19 Å². The van der Waals surface area contributed by atoms with Crippen LogP contribution in [0.3, 0.4) is 0 Å². The van der Waals surface area contributed by atoms with E-state index in [1.807, 2.05) is 12.1 Å². The highest BCUT2D eigenvalue weighted by molar-refractivity contribution is 6.89. The Balaban J connectivity index is 2.94. The van der Waals surface area contributed by atoms with Crippen molar-refractivity contribution >= 4 is 37.0 Å². The maximum Gasteiger partial charge on any atom is 0.423 e. The summed E-state index contributed by atoms with van der Waals surface area (Å²) in [5.41, 5.74) is 1.11. The van der Waals surface area contributed by atoms with Gasteiger partial charge >= 0.3 is 9.28 Å². The van der Waals surface area contributed by atoms with E-state index in [4.69, 9.17) is 8.85 Å². The van der Waals surface area contributed by atoms with Crippen molar-refractivity contribution < 1.29 is 8.85 Å². The molecule has 0 bridgehead atoms. The predicted molar refractivity (Wildman–Crippen MR) is 117 cm³/mol. The smallest absolute Gasteiger partial charge is 0.393 e. The summed E-state index contributed by atoms with van der Waals surface area (Å²) in [6.07, 6.45) is 2.98. The van der Waals surface area contributed by atoms with Crippen LogP contribution in [-0.2, 0) is 8.85 Å². The molecule has 0 aliphatic carbocycles. The van der Waals surface area contributed by atoms with Gasteiger partial charge in [-0.15, -0.1) is 0 Å². The molecule has 1 radical (unpaired) electrons. The van der Waals surface area contributed by atoms with Crippen LogP contribution in [0.2, 0.25) is 39.3 Å². The first-order chi connectivity index (χ1) is 11.5. The quantitative estimate of drug-likeness (QED) is 0.548. The molecule has 0 saturated carbocycles. The molecule has 6 heteroatoms. The molecule has 25 heavy (non-hydrogen) atoms. The Hall–Kier alpha value is -0.509. The number of hydrogen-bond acceptors (Lipinski definition) is 3. The highest BCUT2D eigenvalue weighted by atomic mass is 28.4. The topological polar surface area (TPSA) is 21.7 Å². The lowest BCUT2D eigenvalue weighted by Gasteiger charge is -2.48. The fourth-order valence-electron chi connectivity index (χ4n) is 3.70. The van der Waals surface area contributed by atoms with Crippen LogP contribution in [0, 0.1) is 0 Å². The third-order valence-electron chi connectivity index (χ3n) is 4.23.